The van der Waals surface area contributed by atoms with Crippen molar-refractivity contribution in [1.29, 1.82) is 0 Å². The molecule has 1 atom stereocenters. The van der Waals surface area contributed by atoms with Gasteiger partial charge in [-0.15, -0.1) is 0 Å². The summed E-state index contributed by atoms with van der Waals surface area (Å²) >= 11 is 0. The highest BCUT2D eigenvalue weighted by Gasteiger charge is 2.54. The molecule has 8 heteroatoms. The molecule has 41 heavy (non-hydrogen) atoms. The molecule has 1 unspecified atom stereocenters. The molecule has 218 valence electrons. The van der Waals surface area contributed by atoms with Crippen molar-refractivity contribution in [2.45, 2.75) is 83.8 Å². The highest BCUT2D eigenvalue weighted by molar-refractivity contribution is 6.46. The van der Waals surface area contributed by atoms with E-state index in [0.717, 1.165) is 50.5 Å². The van der Waals surface area contributed by atoms with Crippen LogP contribution in [-0.2, 0) is 9.59 Å². The maximum atomic E-state index is 14.3. The lowest BCUT2D eigenvalue weighted by Gasteiger charge is -2.50. The fraction of sp³-hybridized carbons (Fsp3) is 0.515. The first-order valence-corrected chi connectivity index (χ1v) is 14.8. The standard InChI is InChI=1S/C33H40FN3O4/c1-32(2,3)25-15-18-33(19-16-25)36-28(21-11-13-26(34)14-12-21)31(41)37(33)29(22-5-4-6-22)23-7-9-24(10-8-23)30(40)35-20-17-27(38)39/h7-14,22,25,29H,4-6,15-20H2,1-3H3,(H,35,40)(H,38,39). The Kier molecular flexibility index (Phi) is 8.04. The van der Waals surface area contributed by atoms with Gasteiger partial charge in [0.05, 0.1) is 12.5 Å². The van der Waals surface area contributed by atoms with Crippen LogP contribution in [-0.4, -0.2) is 45.7 Å². The van der Waals surface area contributed by atoms with Crippen LogP contribution in [0.1, 0.15) is 99.7 Å². The largest absolute Gasteiger partial charge is 0.481 e. The second-order valence-electron chi connectivity index (χ2n) is 12.9. The second-order valence-corrected chi connectivity index (χ2v) is 12.9. The molecule has 1 spiro atoms. The Morgan fingerprint density at radius 2 is 1.68 bits per heavy atom. The molecular formula is C33H40FN3O4. The number of aliphatic imine (C=N–C) groups is 1. The van der Waals surface area contributed by atoms with E-state index in [1.807, 2.05) is 17.0 Å². The van der Waals surface area contributed by atoms with E-state index in [9.17, 15) is 18.8 Å². The monoisotopic (exact) mass is 561 g/mol. The van der Waals surface area contributed by atoms with E-state index < -0.39 is 11.6 Å². The summed E-state index contributed by atoms with van der Waals surface area (Å²) in [5.74, 6) is -0.929. The highest BCUT2D eigenvalue weighted by Crippen LogP contribution is 2.52. The van der Waals surface area contributed by atoms with Gasteiger partial charge >= 0.3 is 5.97 Å². The van der Waals surface area contributed by atoms with Crippen molar-refractivity contribution in [1.82, 2.24) is 10.2 Å². The number of aliphatic carboxylic acids is 1. The topological polar surface area (TPSA) is 99.1 Å². The predicted octanol–water partition coefficient (Wildman–Crippen LogP) is 6.14. The van der Waals surface area contributed by atoms with Crippen LogP contribution in [0.5, 0.6) is 0 Å². The summed E-state index contributed by atoms with van der Waals surface area (Å²) in [5.41, 5.74) is 1.97. The Morgan fingerprint density at radius 3 is 2.22 bits per heavy atom. The number of hydrogen-bond acceptors (Lipinski definition) is 4. The van der Waals surface area contributed by atoms with Gasteiger partial charge in [0.25, 0.3) is 11.8 Å². The Morgan fingerprint density at radius 1 is 1.05 bits per heavy atom. The van der Waals surface area contributed by atoms with Gasteiger partial charge in [-0.1, -0.05) is 39.3 Å². The van der Waals surface area contributed by atoms with E-state index in [1.54, 1.807) is 24.3 Å². The van der Waals surface area contributed by atoms with E-state index in [0.29, 0.717) is 22.8 Å². The number of carbonyl (C=O) groups is 3. The lowest BCUT2D eigenvalue weighted by atomic mass is 9.68. The molecule has 0 aromatic heterocycles. The minimum absolute atomic E-state index is 0.0600. The molecule has 1 heterocycles. The summed E-state index contributed by atoms with van der Waals surface area (Å²) in [5, 5.41) is 11.5. The summed E-state index contributed by atoms with van der Waals surface area (Å²) in [4.78, 5) is 45.0. The summed E-state index contributed by atoms with van der Waals surface area (Å²) in [6.45, 7) is 6.88. The first kappa shape index (κ1) is 29.0. The number of halogens is 1. The maximum absolute atomic E-state index is 14.3. The maximum Gasteiger partial charge on any atom is 0.305 e. The van der Waals surface area contributed by atoms with Gasteiger partial charge in [0.2, 0.25) is 0 Å². The number of benzene rings is 2. The average Bonchev–Trinajstić information content (AvgIpc) is 3.17. The van der Waals surface area contributed by atoms with Crippen LogP contribution in [0.15, 0.2) is 53.5 Å². The molecular weight excluding hydrogens is 521 g/mol. The number of hydrogen-bond donors (Lipinski definition) is 2. The van der Waals surface area contributed by atoms with Crippen molar-refractivity contribution in [2.75, 3.05) is 6.54 Å². The molecule has 0 bridgehead atoms. The van der Waals surface area contributed by atoms with Gasteiger partial charge in [-0.3, -0.25) is 19.4 Å². The molecule has 0 saturated heterocycles. The van der Waals surface area contributed by atoms with E-state index in [-0.39, 0.29) is 48.0 Å². The molecule has 2 N–H and O–H groups in total. The molecule has 2 saturated carbocycles. The Balaban J connectivity index is 1.48. The number of nitrogens with zero attached hydrogens (tertiary/aromatic N) is 2. The zero-order valence-corrected chi connectivity index (χ0v) is 24.2. The third-order valence-electron chi connectivity index (χ3n) is 9.33. The van der Waals surface area contributed by atoms with Crippen LogP contribution < -0.4 is 5.32 Å². The van der Waals surface area contributed by atoms with Crippen LogP contribution in [0.2, 0.25) is 0 Å². The zero-order valence-electron chi connectivity index (χ0n) is 24.2. The lowest BCUT2D eigenvalue weighted by molar-refractivity contribution is -0.137. The highest BCUT2D eigenvalue weighted by atomic mass is 19.1. The molecule has 3 aliphatic rings. The Labute approximate surface area is 241 Å². The smallest absolute Gasteiger partial charge is 0.305 e. The van der Waals surface area contributed by atoms with Crippen LogP contribution in [0.25, 0.3) is 0 Å². The van der Waals surface area contributed by atoms with E-state index >= 15 is 0 Å². The number of nitrogens with one attached hydrogen (secondary N) is 1. The van der Waals surface area contributed by atoms with E-state index in [2.05, 4.69) is 26.1 Å². The summed E-state index contributed by atoms with van der Waals surface area (Å²) in [6.07, 6.45) is 6.49. The molecule has 2 aliphatic carbocycles. The zero-order chi connectivity index (χ0) is 29.4. The van der Waals surface area contributed by atoms with Crippen LogP contribution in [0, 0.1) is 23.1 Å². The molecule has 7 nitrogen and oxygen atoms in total. The minimum Gasteiger partial charge on any atom is -0.481 e. The number of carbonyl (C=O) groups excluding carboxylic acids is 2. The molecule has 5 rings (SSSR count). The molecule has 2 fully saturated rings. The molecule has 0 radical (unpaired) electrons. The fourth-order valence-corrected chi connectivity index (χ4v) is 6.70. The first-order chi connectivity index (χ1) is 19.5. The Hall–Kier alpha value is -3.55. The lowest BCUT2D eigenvalue weighted by Crippen LogP contribution is -2.53. The van der Waals surface area contributed by atoms with Gasteiger partial charge in [0.1, 0.15) is 17.2 Å². The fourth-order valence-electron chi connectivity index (χ4n) is 6.70. The summed E-state index contributed by atoms with van der Waals surface area (Å²) in [6, 6.07) is 13.2. The van der Waals surface area contributed by atoms with Crippen molar-refractivity contribution in [2.24, 2.45) is 22.2 Å². The predicted molar refractivity (Wildman–Crippen MR) is 155 cm³/mol. The van der Waals surface area contributed by atoms with Crippen LogP contribution >= 0.6 is 0 Å². The van der Waals surface area contributed by atoms with Gasteiger partial charge in [-0.25, -0.2) is 4.39 Å². The van der Waals surface area contributed by atoms with E-state index in [1.165, 1.54) is 12.1 Å². The van der Waals surface area contributed by atoms with Crippen LogP contribution in [0.4, 0.5) is 4.39 Å². The van der Waals surface area contributed by atoms with Crippen molar-refractivity contribution in [3.8, 4) is 0 Å². The van der Waals surface area contributed by atoms with Crippen molar-refractivity contribution in [3.63, 3.8) is 0 Å². The summed E-state index contributed by atoms with van der Waals surface area (Å²) in [7, 11) is 0. The third kappa shape index (κ3) is 5.92. The third-order valence-corrected chi connectivity index (χ3v) is 9.33. The quantitative estimate of drug-likeness (QED) is 0.405. The molecule has 2 aromatic rings. The normalized spacial score (nSPS) is 23.7. The second kappa shape index (κ2) is 11.4. The SMILES string of the molecule is CC(C)(C)C1CCC2(CC1)N=C(c1ccc(F)cc1)C(=O)N2C(c1ccc(C(=O)NCCC(=O)O)cc1)C1CCC1. The Bertz CT molecular complexity index is 1320. The molecule has 2 amide bonds. The van der Waals surface area contributed by atoms with Gasteiger partial charge in [-0.2, -0.15) is 0 Å². The van der Waals surface area contributed by atoms with Gasteiger partial charge in [0.15, 0.2) is 0 Å². The van der Waals surface area contributed by atoms with E-state index in [4.69, 9.17) is 10.1 Å². The number of rotatable bonds is 8. The number of carboxylic acid groups (broad SMARTS) is 1. The van der Waals surface area contributed by atoms with Crippen molar-refractivity contribution < 1.29 is 23.9 Å². The van der Waals surface area contributed by atoms with Gasteiger partial charge < -0.3 is 15.3 Å². The van der Waals surface area contributed by atoms with Crippen LogP contribution in [0.3, 0.4) is 0 Å². The summed E-state index contributed by atoms with van der Waals surface area (Å²) < 4.78 is 13.8. The number of amides is 2. The molecule has 1 aliphatic heterocycles. The van der Waals surface area contributed by atoms with Gasteiger partial charge in [-0.05, 0) is 97.7 Å². The van der Waals surface area contributed by atoms with Crippen molar-refractivity contribution >= 4 is 23.5 Å². The first-order valence-electron chi connectivity index (χ1n) is 14.8. The minimum atomic E-state index is -0.966. The van der Waals surface area contributed by atoms with Gasteiger partial charge in [0, 0.05) is 17.7 Å². The average molecular weight is 562 g/mol. The molecule has 2 aromatic carbocycles. The number of carboxylic acids is 1. The van der Waals surface area contributed by atoms with Crippen molar-refractivity contribution in [3.05, 3.63) is 71.0 Å².